The van der Waals surface area contributed by atoms with E-state index in [4.69, 9.17) is 9.31 Å². The van der Waals surface area contributed by atoms with Gasteiger partial charge < -0.3 is 9.31 Å². The molecule has 4 heteroatoms. The Balaban J connectivity index is 1.82. The van der Waals surface area contributed by atoms with Crippen molar-refractivity contribution in [3.63, 3.8) is 0 Å². The smallest absolute Gasteiger partial charge is 0.398 e. The van der Waals surface area contributed by atoms with E-state index in [2.05, 4.69) is 42.2 Å². The zero-order chi connectivity index (χ0) is 16.0. The van der Waals surface area contributed by atoms with Gasteiger partial charge in [-0.2, -0.15) is 0 Å². The molecule has 0 saturated carbocycles. The van der Waals surface area contributed by atoms with Crippen LogP contribution in [-0.4, -0.2) is 23.3 Å². The maximum absolute atomic E-state index is 6.03. The SMILES string of the molecule is Cc1ccc(-c2ccc(B3OC(C)(C)C(C)(C)O3)nc2)cc1. The van der Waals surface area contributed by atoms with E-state index in [1.807, 2.05) is 40.0 Å². The highest BCUT2D eigenvalue weighted by molar-refractivity contribution is 6.61. The van der Waals surface area contributed by atoms with E-state index >= 15 is 0 Å². The third-order valence-electron chi connectivity index (χ3n) is 4.67. The first-order valence-corrected chi connectivity index (χ1v) is 7.67. The maximum Gasteiger partial charge on any atom is 0.514 e. The fourth-order valence-electron chi connectivity index (χ4n) is 2.43. The van der Waals surface area contributed by atoms with Crippen LogP contribution in [0.5, 0.6) is 0 Å². The fraction of sp³-hybridized carbons (Fsp3) is 0.389. The summed E-state index contributed by atoms with van der Waals surface area (Å²) in [6.07, 6.45) is 1.88. The molecule has 1 saturated heterocycles. The van der Waals surface area contributed by atoms with Crippen LogP contribution in [0.2, 0.25) is 0 Å². The maximum atomic E-state index is 6.03. The lowest BCUT2D eigenvalue weighted by molar-refractivity contribution is 0.00578. The van der Waals surface area contributed by atoms with Crippen LogP contribution in [0.1, 0.15) is 33.3 Å². The molecule has 114 valence electrons. The lowest BCUT2D eigenvalue weighted by atomic mass is 9.84. The Hall–Kier alpha value is -1.65. The molecule has 0 spiro atoms. The Morgan fingerprint density at radius 2 is 1.36 bits per heavy atom. The van der Waals surface area contributed by atoms with Crippen LogP contribution < -0.4 is 5.59 Å². The van der Waals surface area contributed by atoms with E-state index in [0.29, 0.717) is 0 Å². The molecule has 1 fully saturated rings. The van der Waals surface area contributed by atoms with Crippen LogP contribution in [0.15, 0.2) is 42.6 Å². The number of aromatic nitrogens is 1. The predicted molar refractivity (Wildman–Crippen MR) is 90.1 cm³/mol. The molecule has 3 nitrogen and oxygen atoms in total. The van der Waals surface area contributed by atoms with Crippen molar-refractivity contribution >= 4 is 12.7 Å². The largest absolute Gasteiger partial charge is 0.514 e. The molecule has 0 atom stereocenters. The third kappa shape index (κ3) is 2.69. The van der Waals surface area contributed by atoms with Gasteiger partial charge in [-0.05, 0) is 51.8 Å². The number of benzene rings is 1. The molecule has 0 radical (unpaired) electrons. The molecular weight excluding hydrogens is 273 g/mol. The molecule has 1 aromatic heterocycles. The third-order valence-corrected chi connectivity index (χ3v) is 4.67. The Labute approximate surface area is 132 Å². The monoisotopic (exact) mass is 295 g/mol. The molecule has 0 bridgehead atoms. The number of hydrogen-bond acceptors (Lipinski definition) is 3. The molecule has 22 heavy (non-hydrogen) atoms. The summed E-state index contributed by atoms with van der Waals surface area (Å²) in [5, 5.41) is 0. The average molecular weight is 295 g/mol. The van der Waals surface area contributed by atoms with Gasteiger partial charge in [-0.3, -0.25) is 4.98 Å². The second-order valence-electron chi connectivity index (χ2n) is 6.93. The normalized spacial score (nSPS) is 19.4. The first-order valence-electron chi connectivity index (χ1n) is 7.67. The van der Waals surface area contributed by atoms with Gasteiger partial charge in [-0.25, -0.2) is 0 Å². The van der Waals surface area contributed by atoms with Gasteiger partial charge in [0, 0.05) is 6.20 Å². The van der Waals surface area contributed by atoms with Gasteiger partial charge in [0.25, 0.3) is 0 Å². The van der Waals surface area contributed by atoms with Gasteiger partial charge in [0.2, 0.25) is 0 Å². The topological polar surface area (TPSA) is 31.4 Å². The molecule has 0 unspecified atom stereocenters. The van der Waals surface area contributed by atoms with Crippen LogP contribution in [-0.2, 0) is 9.31 Å². The van der Waals surface area contributed by atoms with Crippen molar-refractivity contribution in [1.82, 2.24) is 4.98 Å². The summed E-state index contributed by atoms with van der Waals surface area (Å²) in [5.74, 6) is 0. The van der Waals surface area contributed by atoms with E-state index in [0.717, 1.165) is 11.2 Å². The zero-order valence-electron chi connectivity index (χ0n) is 13.9. The summed E-state index contributed by atoms with van der Waals surface area (Å²) >= 11 is 0. The van der Waals surface area contributed by atoms with Crippen LogP contribution in [0.25, 0.3) is 11.1 Å². The second kappa shape index (κ2) is 5.22. The molecule has 0 amide bonds. The predicted octanol–water partition coefficient (Wildman–Crippen LogP) is 3.36. The number of pyridine rings is 1. The van der Waals surface area contributed by atoms with Crippen LogP contribution in [0.4, 0.5) is 0 Å². The van der Waals surface area contributed by atoms with E-state index in [-0.39, 0.29) is 11.2 Å². The van der Waals surface area contributed by atoms with Gasteiger partial charge >= 0.3 is 7.12 Å². The number of hydrogen-bond donors (Lipinski definition) is 0. The number of nitrogens with zero attached hydrogens (tertiary/aromatic N) is 1. The summed E-state index contributed by atoms with van der Waals surface area (Å²) in [6, 6.07) is 12.5. The van der Waals surface area contributed by atoms with Crippen molar-refractivity contribution in [3.8, 4) is 11.1 Å². The van der Waals surface area contributed by atoms with Crippen LogP contribution in [0, 0.1) is 6.92 Å². The molecule has 1 aliphatic heterocycles. The molecule has 2 aromatic rings. The van der Waals surface area contributed by atoms with Gasteiger partial charge in [-0.1, -0.05) is 35.9 Å². The van der Waals surface area contributed by atoms with E-state index in [1.54, 1.807) is 0 Å². The van der Waals surface area contributed by atoms with Crippen molar-refractivity contribution in [1.29, 1.82) is 0 Å². The lowest BCUT2D eigenvalue weighted by Crippen LogP contribution is -2.41. The summed E-state index contributed by atoms with van der Waals surface area (Å²) in [5.41, 5.74) is 3.66. The second-order valence-corrected chi connectivity index (χ2v) is 6.93. The minimum Gasteiger partial charge on any atom is -0.398 e. The molecule has 0 aliphatic carbocycles. The summed E-state index contributed by atoms with van der Waals surface area (Å²) in [4.78, 5) is 4.54. The van der Waals surface area contributed by atoms with Crippen molar-refractivity contribution in [2.24, 2.45) is 0 Å². The number of rotatable bonds is 2. The molecule has 1 aliphatic rings. The Bertz CT molecular complexity index is 646. The van der Waals surface area contributed by atoms with Crippen molar-refractivity contribution in [2.75, 3.05) is 0 Å². The lowest BCUT2D eigenvalue weighted by Gasteiger charge is -2.32. The minimum atomic E-state index is -0.405. The van der Waals surface area contributed by atoms with Gasteiger partial charge in [-0.15, -0.1) is 0 Å². The molecule has 1 aromatic carbocycles. The van der Waals surface area contributed by atoms with E-state index in [9.17, 15) is 0 Å². The average Bonchev–Trinajstić information content (AvgIpc) is 2.68. The molecule has 2 heterocycles. The summed E-state index contributed by atoms with van der Waals surface area (Å²) in [6.45, 7) is 10.3. The molecule has 0 N–H and O–H groups in total. The summed E-state index contributed by atoms with van der Waals surface area (Å²) in [7, 11) is -0.405. The molecule has 3 rings (SSSR count). The van der Waals surface area contributed by atoms with Crippen LogP contribution in [0.3, 0.4) is 0 Å². The highest BCUT2D eigenvalue weighted by atomic mass is 16.7. The first-order chi connectivity index (χ1) is 10.3. The standard InChI is InChI=1S/C18H22BNO2/c1-13-6-8-14(9-7-13)15-10-11-16(20-12-15)19-21-17(2,3)18(4,5)22-19/h6-12H,1-5H3. The van der Waals surface area contributed by atoms with Crippen molar-refractivity contribution in [3.05, 3.63) is 48.2 Å². The fourth-order valence-corrected chi connectivity index (χ4v) is 2.43. The van der Waals surface area contributed by atoms with Gasteiger partial charge in [0.1, 0.15) is 0 Å². The highest BCUT2D eigenvalue weighted by Crippen LogP contribution is 2.36. The minimum absolute atomic E-state index is 0.338. The van der Waals surface area contributed by atoms with Gasteiger partial charge in [0.15, 0.2) is 0 Å². The van der Waals surface area contributed by atoms with Crippen molar-refractivity contribution < 1.29 is 9.31 Å². The van der Waals surface area contributed by atoms with E-state index in [1.165, 1.54) is 11.1 Å². The highest BCUT2D eigenvalue weighted by Gasteiger charge is 2.52. The summed E-state index contributed by atoms with van der Waals surface area (Å²) < 4.78 is 12.1. The first kappa shape index (κ1) is 15.3. The number of aryl methyl sites for hydroxylation is 1. The Morgan fingerprint density at radius 1 is 0.818 bits per heavy atom. The van der Waals surface area contributed by atoms with Crippen molar-refractivity contribution in [2.45, 2.75) is 45.8 Å². The quantitative estimate of drug-likeness (QED) is 0.796. The van der Waals surface area contributed by atoms with Gasteiger partial charge in [0.05, 0.1) is 16.8 Å². The Morgan fingerprint density at radius 3 is 1.86 bits per heavy atom. The molecular formula is C18H22BNO2. The van der Waals surface area contributed by atoms with E-state index < -0.39 is 7.12 Å². The van der Waals surface area contributed by atoms with Crippen LogP contribution >= 0.6 is 0 Å². The zero-order valence-corrected chi connectivity index (χ0v) is 13.9. The Kier molecular flexibility index (Phi) is 3.62.